The summed E-state index contributed by atoms with van der Waals surface area (Å²) in [6.45, 7) is 4.59. The molecule has 0 bridgehead atoms. The highest BCUT2D eigenvalue weighted by molar-refractivity contribution is 7.80. The van der Waals surface area contributed by atoms with Crippen LogP contribution in [0.4, 0.5) is 0 Å². The van der Waals surface area contributed by atoms with Crippen LogP contribution in [0.25, 0.3) is 0 Å². The van der Waals surface area contributed by atoms with Gasteiger partial charge < -0.3 is 15.5 Å². The Morgan fingerprint density at radius 3 is 2.50 bits per heavy atom. The van der Waals surface area contributed by atoms with E-state index in [1.54, 1.807) is 0 Å². The van der Waals surface area contributed by atoms with E-state index in [1.807, 2.05) is 7.05 Å². The maximum atomic E-state index is 4.98. The number of piperidine rings is 1. The lowest BCUT2D eigenvalue weighted by atomic mass is 10.1. The molecule has 0 atom stereocenters. The Labute approximate surface area is 98.0 Å². The van der Waals surface area contributed by atoms with Crippen LogP contribution >= 0.6 is 24.6 Å². The van der Waals surface area contributed by atoms with E-state index in [0.29, 0.717) is 0 Å². The van der Waals surface area contributed by atoms with Crippen LogP contribution in [0.15, 0.2) is 0 Å². The lowest BCUT2D eigenvalue weighted by Gasteiger charge is -2.26. The predicted molar refractivity (Wildman–Crippen MR) is 67.2 cm³/mol. The summed E-state index contributed by atoms with van der Waals surface area (Å²) in [5.74, 6) is 0. The summed E-state index contributed by atoms with van der Waals surface area (Å²) in [7, 11) is 1.84. The highest BCUT2D eigenvalue weighted by Gasteiger charge is 2.08. The maximum absolute atomic E-state index is 4.98. The van der Waals surface area contributed by atoms with Crippen molar-refractivity contribution in [2.24, 2.45) is 0 Å². The summed E-state index contributed by atoms with van der Waals surface area (Å²) < 4.78 is 0. The van der Waals surface area contributed by atoms with Crippen LogP contribution < -0.4 is 10.6 Å². The van der Waals surface area contributed by atoms with Crippen molar-refractivity contribution < 1.29 is 0 Å². The van der Waals surface area contributed by atoms with E-state index in [4.69, 9.17) is 12.2 Å². The lowest BCUT2D eigenvalue weighted by molar-refractivity contribution is 0.232. The second kappa shape index (κ2) is 8.26. The van der Waals surface area contributed by atoms with Gasteiger partial charge in [0.05, 0.1) is 0 Å². The molecule has 0 aromatic heterocycles. The van der Waals surface area contributed by atoms with E-state index in [1.165, 1.54) is 32.4 Å². The second-order valence-electron chi connectivity index (χ2n) is 3.41. The molecule has 1 saturated heterocycles. The maximum Gasteiger partial charge on any atom is 0.166 e. The van der Waals surface area contributed by atoms with Gasteiger partial charge in [-0.25, -0.2) is 0 Å². The van der Waals surface area contributed by atoms with Crippen molar-refractivity contribution in [3.05, 3.63) is 0 Å². The van der Waals surface area contributed by atoms with Crippen LogP contribution in [0, 0.1) is 0 Å². The fraction of sp³-hybridized carbons (Fsp3) is 0.889. The summed E-state index contributed by atoms with van der Waals surface area (Å²) in [6, 6.07) is 0. The van der Waals surface area contributed by atoms with Gasteiger partial charge in [-0.05, 0) is 38.1 Å². The zero-order chi connectivity index (χ0) is 9.52. The van der Waals surface area contributed by atoms with Crippen LogP contribution in [0.1, 0.15) is 19.3 Å². The predicted octanol–water partition coefficient (Wildman–Crippen LogP) is 0.988. The van der Waals surface area contributed by atoms with Gasteiger partial charge >= 0.3 is 0 Å². The van der Waals surface area contributed by atoms with Crippen LogP contribution in [0.3, 0.4) is 0 Å². The molecule has 0 unspecified atom stereocenters. The summed E-state index contributed by atoms with van der Waals surface area (Å²) in [5, 5.41) is 6.81. The van der Waals surface area contributed by atoms with Crippen molar-refractivity contribution in [3.63, 3.8) is 0 Å². The van der Waals surface area contributed by atoms with Crippen LogP contribution in [-0.2, 0) is 0 Å². The molecule has 5 heteroatoms. The Kier molecular flexibility index (Phi) is 8.23. The first-order valence-electron chi connectivity index (χ1n) is 5.01. The zero-order valence-corrected chi connectivity index (χ0v) is 10.3. The highest BCUT2D eigenvalue weighted by atomic mass is 35.5. The smallest absolute Gasteiger partial charge is 0.166 e. The molecule has 0 aromatic carbocycles. The first-order chi connectivity index (χ1) is 6.33. The number of nitrogens with one attached hydrogen (secondary N) is 2. The Morgan fingerprint density at radius 2 is 1.93 bits per heavy atom. The largest absolute Gasteiger partial charge is 0.366 e. The molecule has 1 aliphatic rings. The van der Waals surface area contributed by atoms with Gasteiger partial charge in [0.2, 0.25) is 0 Å². The highest BCUT2D eigenvalue weighted by Crippen LogP contribution is 2.06. The van der Waals surface area contributed by atoms with Gasteiger partial charge in [0.15, 0.2) is 5.11 Å². The van der Waals surface area contributed by atoms with Crippen molar-refractivity contribution in [2.45, 2.75) is 19.3 Å². The van der Waals surface area contributed by atoms with Gasteiger partial charge in [0.1, 0.15) is 0 Å². The third-order valence-electron chi connectivity index (χ3n) is 2.39. The Morgan fingerprint density at radius 1 is 1.29 bits per heavy atom. The number of rotatable bonds is 3. The molecule has 0 amide bonds. The molecule has 0 aromatic rings. The second-order valence-corrected chi connectivity index (χ2v) is 3.82. The zero-order valence-electron chi connectivity index (χ0n) is 8.71. The van der Waals surface area contributed by atoms with Crippen molar-refractivity contribution in [2.75, 3.05) is 33.2 Å². The minimum Gasteiger partial charge on any atom is -0.366 e. The third kappa shape index (κ3) is 5.62. The Bertz CT molecular complexity index is 160. The molecule has 1 fully saturated rings. The monoisotopic (exact) mass is 237 g/mol. The molecule has 2 N–H and O–H groups in total. The van der Waals surface area contributed by atoms with E-state index >= 15 is 0 Å². The van der Waals surface area contributed by atoms with Gasteiger partial charge in [-0.1, -0.05) is 6.42 Å². The van der Waals surface area contributed by atoms with Gasteiger partial charge in [-0.3, -0.25) is 0 Å². The summed E-state index contributed by atoms with van der Waals surface area (Å²) >= 11 is 4.98. The van der Waals surface area contributed by atoms with Crippen molar-refractivity contribution in [3.8, 4) is 0 Å². The fourth-order valence-electron chi connectivity index (χ4n) is 1.60. The van der Waals surface area contributed by atoms with Gasteiger partial charge in [-0.15, -0.1) is 12.4 Å². The van der Waals surface area contributed by atoms with E-state index in [-0.39, 0.29) is 12.4 Å². The molecule has 1 heterocycles. The molecule has 1 aliphatic heterocycles. The average molecular weight is 238 g/mol. The van der Waals surface area contributed by atoms with Gasteiger partial charge in [0.25, 0.3) is 0 Å². The third-order valence-corrected chi connectivity index (χ3v) is 2.74. The molecule has 0 saturated carbocycles. The van der Waals surface area contributed by atoms with Gasteiger partial charge in [0, 0.05) is 20.1 Å². The standard InChI is InChI=1S/C9H19N3S.ClH/c1-10-9(13)11-5-8-12-6-3-2-4-7-12;/h2-8H2,1H3,(H2,10,11,13);1H. The number of nitrogens with zero attached hydrogens (tertiary/aromatic N) is 1. The minimum atomic E-state index is 0. The van der Waals surface area contributed by atoms with E-state index < -0.39 is 0 Å². The fourth-order valence-corrected chi connectivity index (χ4v) is 1.70. The molecular weight excluding hydrogens is 218 g/mol. The quantitative estimate of drug-likeness (QED) is 0.716. The first-order valence-corrected chi connectivity index (χ1v) is 5.41. The average Bonchev–Trinajstić information content (AvgIpc) is 2.19. The number of likely N-dealkylation sites (tertiary alicyclic amines) is 1. The topological polar surface area (TPSA) is 27.3 Å². The lowest BCUT2D eigenvalue weighted by Crippen LogP contribution is -2.40. The number of halogens is 1. The first kappa shape index (κ1) is 13.9. The number of hydrogen-bond acceptors (Lipinski definition) is 2. The number of thiocarbonyl (C=S) groups is 1. The molecule has 0 radical (unpaired) electrons. The van der Waals surface area contributed by atoms with Crippen molar-refractivity contribution >= 4 is 29.7 Å². The Balaban J connectivity index is 0.00000169. The van der Waals surface area contributed by atoms with Crippen molar-refractivity contribution in [1.29, 1.82) is 0 Å². The molecule has 84 valence electrons. The van der Waals surface area contributed by atoms with E-state index in [0.717, 1.165) is 18.2 Å². The molecule has 0 spiro atoms. The SMILES string of the molecule is CNC(=S)NCCN1CCCCC1.Cl. The van der Waals surface area contributed by atoms with Crippen LogP contribution in [0.2, 0.25) is 0 Å². The molecule has 1 rings (SSSR count). The normalized spacial score (nSPS) is 16.9. The summed E-state index contributed by atoms with van der Waals surface area (Å²) in [6.07, 6.45) is 4.12. The summed E-state index contributed by atoms with van der Waals surface area (Å²) in [5.41, 5.74) is 0. The van der Waals surface area contributed by atoms with Crippen LogP contribution in [-0.4, -0.2) is 43.2 Å². The molecule has 3 nitrogen and oxygen atoms in total. The van der Waals surface area contributed by atoms with Gasteiger partial charge in [-0.2, -0.15) is 0 Å². The molecular formula is C9H20ClN3S. The summed E-state index contributed by atoms with van der Waals surface area (Å²) in [4.78, 5) is 2.49. The Hall–Kier alpha value is -0.0600. The molecule has 14 heavy (non-hydrogen) atoms. The van der Waals surface area contributed by atoms with Crippen LogP contribution in [0.5, 0.6) is 0 Å². The minimum absolute atomic E-state index is 0. The molecule has 0 aliphatic carbocycles. The van der Waals surface area contributed by atoms with E-state index in [9.17, 15) is 0 Å². The van der Waals surface area contributed by atoms with Crippen molar-refractivity contribution in [1.82, 2.24) is 15.5 Å². The number of hydrogen-bond donors (Lipinski definition) is 2. The van der Waals surface area contributed by atoms with E-state index in [2.05, 4.69) is 15.5 Å².